The number of aromatic nitrogens is 3. The van der Waals surface area contributed by atoms with Crippen LogP contribution in [0.2, 0.25) is 0 Å². The third kappa shape index (κ3) is 4.37. The molecule has 0 saturated heterocycles. The number of nitrogens with one attached hydrogen (secondary N) is 2. The minimum Gasteiger partial charge on any atom is -0.459 e. The van der Waals surface area contributed by atoms with Crippen LogP contribution in [0, 0.1) is 0 Å². The number of furan rings is 1. The maximum absolute atomic E-state index is 12.9. The number of benzene rings is 1. The molecule has 2 amide bonds. The van der Waals surface area contributed by atoms with Crippen molar-refractivity contribution in [1.82, 2.24) is 14.8 Å². The van der Waals surface area contributed by atoms with Crippen molar-refractivity contribution < 1.29 is 14.0 Å². The molecule has 3 aromatic heterocycles. The van der Waals surface area contributed by atoms with Gasteiger partial charge in [0.1, 0.15) is 0 Å². The highest BCUT2D eigenvalue weighted by atomic mass is 16.3. The number of hydrogen-bond donors (Lipinski definition) is 2. The van der Waals surface area contributed by atoms with Crippen LogP contribution in [0.1, 0.15) is 46.4 Å². The first-order valence-corrected chi connectivity index (χ1v) is 9.78. The highest BCUT2D eigenvalue weighted by Crippen LogP contribution is 2.23. The zero-order valence-electron chi connectivity index (χ0n) is 17.1. The molecule has 8 heteroatoms. The molecular formula is C23H21N5O3. The van der Waals surface area contributed by atoms with Crippen molar-refractivity contribution in [2.45, 2.75) is 19.8 Å². The Bertz CT molecular complexity index is 1180. The highest BCUT2D eigenvalue weighted by molar-refractivity contribution is 6.05. The van der Waals surface area contributed by atoms with E-state index in [-0.39, 0.29) is 23.5 Å². The lowest BCUT2D eigenvalue weighted by Gasteiger charge is -2.12. The van der Waals surface area contributed by atoms with Gasteiger partial charge in [-0.25, -0.2) is 9.67 Å². The van der Waals surface area contributed by atoms with Crippen molar-refractivity contribution in [3.05, 3.63) is 90.3 Å². The predicted octanol–water partition coefficient (Wildman–Crippen LogP) is 4.49. The van der Waals surface area contributed by atoms with Crippen LogP contribution in [-0.2, 0) is 0 Å². The average Bonchev–Trinajstić information content (AvgIpc) is 3.46. The van der Waals surface area contributed by atoms with Crippen LogP contribution in [0.15, 0.2) is 77.7 Å². The molecule has 2 N–H and O–H groups in total. The molecule has 0 aliphatic rings. The SMILES string of the molecule is CC(C)c1c(C(=O)Nc2ccc(NC(=O)c3ccco3)cc2)cnn1-c1ccccn1. The number of pyridine rings is 1. The summed E-state index contributed by atoms with van der Waals surface area (Å²) in [6.45, 7) is 4.01. The Morgan fingerprint density at radius 1 is 0.935 bits per heavy atom. The van der Waals surface area contributed by atoms with E-state index < -0.39 is 0 Å². The van der Waals surface area contributed by atoms with E-state index in [1.807, 2.05) is 32.0 Å². The molecule has 0 atom stereocenters. The summed E-state index contributed by atoms with van der Waals surface area (Å²) in [5.41, 5.74) is 2.45. The van der Waals surface area contributed by atoms with Crippen molar-refractivity contribution >= 4 is 23.2 Å². The monoisotopic (exact) mass is 415 g/mol. The Balaban J connectivity index is 1.49. The molecule has 0 unspecified atom stereocenters. The number of carbonyl (C=O) groups is 2. The van der Waals surface area contributed by atoms with E-state index in [1.165, 1.54) is 6.26 Å². The number of amides is 2. The van der Waals surface area contributed by atoms with Crippen LogP contribution in [-0.4, -0.2) is 26.6 Å². The van der Waals surface area contributed by atoms with Gasteiger partial charge in [0, 0.05) is 17.6 Å². The van der Waals surface area contributed by atoms with Crippen LogP contribution in [0.4, 0.5) is 11.4 Å². The normalized spacial score (nSPS) is 10.8. The molecule has 0 fully saturated rings. The molecule has 3 heterocycles. The Morgan fingerprint density at radius 2 is 1.65 bits per heavy atom. The first-order valence-electron chi connectivity index (χ1n) is 9.78. The molecule has 0 aliphatic carbocycles. The first-order chi connectivity index (χ1) is 15.0. The lowest BCUT2D eigenvalue weighted by molar-refractivity contribution is 0.0994. The molecule has 1 aromatic carbocycles. The summed E-state index contributed by atoms with van der Waals surface area (Å²) < 4.78 is 6.76. The van der Waals surface area contributed by atoms with Gasteiger partial charge in [0.25, 0.3) is 11.8 Å². The average molecular weight is 415 g/mol. The zero-order valence-corrected chi connectivity index (χ0v) is 17.1. The van der Waals surface area contributed by atoms with Crippen LogP contribution in [0.5, 0.6) is 0 Å². The van der Waals surface area contributed by atoms with Gasteiger partial charge in [-0.3, -0.25) is 9.59 Å². The van der Waals surface area contributed by atoms with E-state index >= 15 is 0 Å². The number of hydrogen-bond acceptors (Lipinski definition) is 5. The van der Waals surface area contributed by atoms with Gasteiger partial charge >= 0.3 is 0 Å². The third-order valence-electron chi connectivity index (χ3n) is 4.61. The number of anilines is 2. The van der Waals surface area contributed by atoms with Crippen LogP contribution < -0.4 is 10.6 Å². The standard InChI is InChI=1S/C23H21N5O3/c1-15(2)21-18(14-25-28(21)20-7-3-4-12-24-20)22(29)26-16-8-10-17(11-9-16)27-23(30)19-6-5-13-31-19/h3-15H,1-2H3,(H,26,29)(H,27,30). The molecule has 0 aliphatic heterocycles. The molecule has 4 rings (SSSR count). The maximum Gasteiger partial charge on any atom is 0.291 e. The summed E-state index contributed by atoms with van der Waals surface area (Å²) in [4.78, 5) is 29.3. The second-order valence-corrected chi connectivity index (χ2v) is 7.16. The maximum atomic E-state index is 12.9. The van der Waals surface area contributed by atoms with E-state index in [4.69, 9.17) is 4.42 Å². The number of nitrogens with zero attached hydrogens (tertiary/aromatic N) is 3. The van der Waals surface area contributed by atoms with Gasteiger partial charge in [0.2, 0.25) is 0 Å². The Hall–Kier alpha value is -4.20. The minimum absolute atomic E-state index is 0.0597. The van der Waals surface area contributed by atoms with E-state index in [0.717, 1.165) is 5.69 Å². The third-order valence-corrected chi connectivity index (χ3v) is 4.61. The summed E-state index contributed by atoms with van der Waals surface area (Å²) in [6, 6.07) is 15.6. The van der Waals surface area contributed by atoms with E-state index in [0.29, 0.717) is 22.8 Å². The van der Waals surface area contributed by atoms with Gasteiger partial charge in [-0.15, -0.1) is 0 Å². The van der Waals surface area contributed by atoms with Gasteiger partial charge in [-0.1, -0.05) is 19.9 Å². The van der Waals surface area contributed by atoms with Crippen molar-refractivity contribution in [2.24, 2.45) is 0 Å². The van der Waals surface area contributed by atoms with Crippen molar-refractivity contribution in [2.75, 3.05) is 10.6 Å². The number of rotatable bonds is 6. The quantitative estimate of drug-likeness (QED) is 0.483. The van der Waals surface area contributed by atoms with Gasteiger partial charge in [-0.05, 0) is 54.4 Å². The molecule has 0 radical (unpaired) electrons. The van der Waals surface area contributed by atoms with Crippen molar-refractivity contribution in [3.63, 3.8) is 0 Å². The van der Waals surface area contributed by atoms with Gasteiger partial charge in [0.15, 0.2) is 11.6 Å². The highest BCUT2D eigenvalue weighted by Gasteiger charge is 2.21. The Morgan fingerprint density at radius 3 is 2.23 bits per heavy atom. The predicted molar refractivity (Wildman–Crippen MR) is 117 cm³/mol. The topological polar surface area (TPSA) is 102 Å². The Kier molecular flexibility index (Phi) is 5.61. The smallest absolute Gasteiger partial charge is 0.291 e. The Labute approximate surface area is 178 Å². The second-order valence-electron chi connectivity index (χ2n) is 7.16. The molecule has 4 aromatic rings. The fourth-order valence-corrected chi connectivity index (χ4v) is 3.19. The molecule has 8 nitrogen and oxygen atoms in total. The summed E-state index contributed by atoms with van der Waals surface area (Å²) in [5, 5.41) is 10.00. The van der Waals surface area contributed by atoms with Crippen LogP contribution in [0.3, 0.4) is 0 Å². The van der Waals surface area contributed by atoms with E-state index in [9.17, 15) is 9.59 Å². The summed E-state index contributed by atoms with van der Waals surface area (Å²) in [6.07, 6.45) is 4.68. The molecule has 156 valence electrons. The summed E-state index contributed by atoms with van der Waals surface area (Å²) >= 11 is 0. The van der Waals surface area contributed by atoms with Crippen molar-refractivity contribution in [1.29, 1.82) is 0 Å². The van der Waals surface area contributed by atoms with Crippen LogP contribution in [0.25, 0.3) is 5.82 Å². The molecule has 0 saturated carbocycles. The fraction of sp³-hybridized carbons (Fsp3) is 0.130. The molecule has 0 bridgehead atoms. The first kappa shape index (κ1) is 20.1. The van der Waals surface area contributed by atoms with Gasteiger partial charge in [-0.2, -0.15) is 5.10 Å². The minimum atomic E-state index is -0.342. The van der Waals surface area contributed by atoms with Gasteiger partial charge in [0.05, 0.1) is 23.7 Å². The van der Waals surface area contributed by atoms with Crippen LogP contribution >= 0.6 is 0 Å². The fourth-order valence-electron chi connectivity index (χ4n) is 3.19. The largest absolute Gasteiger partial charge is 0.459 e. The second kappa shape index (κ2) is 8.66. The zero-order chi connectivity index (χ0) is 21.8. The molecule has 31 heavy (non-hydrogen) atoms. The lowest BCUT2D eigenvalue weighted by Crippen LogP contribution is -2.16. The number of carbonyl (C=O) groups excluding carboxylic acids is 2. The molecule has 0 spiro atoms. The summed E-state index contributed by atoms with van der Waals surface area (Å²) in [7, 11) is 0. The van der Waals surface area contributed by atoms with E-state index in [1.54, 1.807) is 53.5 Å². The molecular weight excluding hydrogens is 394 g/mol. The van der Waals surface area contributed by atoms with Crippen molar-refractivity contribution in [3.8, 4) is 5.82 Å². The van der Waals surface area contributed by atoms with E-state index in [2.05, 4.69) is 20.7 Å². The lowest BCUT2D eigenvalue weighted by atomic mass is 10.1. The van der Waals surface area contributed by atoms with Gasteiger partial charge < -0.3 is 15.1 Å². The summed E-state index contributed by atoms with van der Waals surface area (Å²) in [5.74, 6) is 0.332.